The zero-order valence-corrected chi connectivity index (χ0v) is 14.0. The van der Waals surface area contributed by atoms with Crippen LogP contribution < -0.4 is 0 Å². The summed E-state index contributed by atoms with van der Waals surface area (Å²) in [4.78, 5) is 27.7. The molecule has 2 fully saturated rings. The van der Waals surface area contributed by atoms with Crippen LogP contribution in [0.3, 0.4) is 0 Å². The van der Waals surface area contributed by atoms with Gasteiger partial charge in [0.15, 0.2) is 0 Å². The summed E-state index contributed by atoms with van der Waals surface area (Å²) < 4.78 is 10.4. The van der Waals surface area contributed by atoms with Crippen molar-refractivity contribution in [2.24, 2.45) is 11.3 Å². The molecule has 2 saturated heterocycles. The highest BCUT2D eigenvalue weighted by atomic mass is 16.5. The zero-order valence-electron chi connectivity index (χ0n) is 14.0. The molecule has 6 heteroatoms. The average Bonchev–Trinajstić information content (AvgIpc) is 2.85. The van der Waals surface area contributed by atoms with Gasteiger partial charge in [-0.2, -0.15) is 0 Å². The van der Waals surface area contributed by atoms with E-state index < -0.39 is 0 Å². The summed E-state index contributed by atoms with van der Waals surface area (Å²) in [7, 11) is 3.33. The largest absolute Gasteiger partial charge is 0.384 e. The molecule has 2 aliphatic rings. The molecule has 0 aromatic carbocycles. The second-order valence-corrected chi connectivity index (χ2v) is 6.54. The van der Waals surface area contributed by atoms with Gasteiger partial charge in [0, 0.05) is 53.2 Å². The van der Waals surface area contributed by atoms with Crippen molar-refractivity contribution in [3.8, 4) is 0 Å². The Morgan fingerprint density at radius 3 is 2.36 bits per heavy atom. The Balaban J connectivity index is 1.97. The normalized spacial score (nSPS) is 24.0. The van der Waals surface area contributed by atoms with E-state index in [0.717, 1.165) is 39.0 Å². The lowest BCUT2D eigenvalue weighted by atomic mass is 9.71. The summed E-state index contributed by atoms with van der Waals surface area (Å²) in [6.07, 6.45) is 2.34. The Bertz CT molecular complexity index is 405. The number of nitrogens with zero attached hydrogens (tertiary/aromatic N) is 2. The van der Waals surface area contributed by atoms with E-state index in [1.807, 2.05) is 9.80 Å². The standard InChI is InChI=1S/C16H28N2O4/c1-13(19)18-10-14(11-22-3)16(12-18)5-7-17(8-6-16)15(20)4-9-21-2/h14H,4-12H2,1-3H3. The number of carbonyl (C=O) groups excluding carboxylic acids is 2. The highest BCUT2D eigenvalue weighted by Gasteiger charge is 2.48. The average molecular weight is 312 g/mol. The molecular weight excluding hydrogens is 284 g/mol. The molecule has 2 heterocycles. The molecule has 126 valence electrons. The van der Waals surface area contributed by atoms with Crippen LogP contribution in [0.4, 0.5) is 0 Å². The highest BCUT2D eigenvalue weighted by Crippen LogP contribution is 2.44. The minimum Gasteiger partial charge on any atom is -0.384 e. The van der Waals surface area contributed by atoms with Crippen LogP contribution in [-0.4, -0.2) is 75.2 Å². The number of carbonyl (C=O) groups is 2. The molecule has 2 aliphatic heterocycles. The fraction of sp³-hybridized carbons (Fsp3) is 0.875. The number of hydrogen-bond acceptors (Lipinski definition) is 4. The molecule has 6 nitrogen and oxygen atoms in total. The summed E-state index contributed by atoms with van der Waals surface area (Å²) >= 11 is 0. The number of methoxy groups -OCH3 is 2. The number of hydrogen-bond donors (Lipinski definition) is 0. The fourth-order valence-electron chi connectivity index (χ4n) is 3.82. The predicted octanol–water partition coefficient (Wildman–Crippen LogP) is 0.756. The van der Waals surface area contributed by atoms with Gasteiger partial charge in [0.1, 0.15) is 0 Å². The third-order valence-electron chi connectivity index (χ3n) is 5.26. The molecule has 1 spiro atoms. The highest BCUT2D eigenvalue weighted by molar-refractivity contribution is 5.76. The quantitative estimate of drug-likeness (QED) is 0.752. The number of rotatable bonds is 5. The van der Waals surface area contributed by atoms with E-state index in [1.165, 1.54) is 0 Å². The van der Waals surface area contributed by atoms with Crippen LogP contribution >= 0.6 is 0 Å². The number of piperidine rings is 1. The Hall–Kier alpha value is -1.14. The first-order valence-electron chi connectivity index (χ1n) is 8.03. The van der Waals surface area contributed by atoms with Crippen molar-refractivity contribution in [3.63, 3.8) is 0 Å². The molecule has 0 radical (unpaired) electrons. The van der Waals surface area contributed by atoms with Gasteiger partial charge >= 0.3 is 0 Å². The van der Waals surface area contributed by atoms with E-state index in [0.29, 0.717) is 25.6 Å². The second kappa shape index (κ2) is 7.42. The Kier molecular flexibility index (Phi) is 5.81. The monoisotopic (exact) mass is 312 g/mol. The van der Waals surface area contributed by atoms with Crippen molar-refractivity contribution >= 4 is 11.8 Å². The van der Waals surface area contributed by atoms with Crippen LogP contribution in [0.5, 0.6) is 0 Å². The van der Waals surface area contributed by atoms with E-state index in [-0.39, 0.29) is 17.2 Å². The van der Waals surface area contributed by atoms with Crippen LogP contribution in [0.15, 0.2) is 0 Å². The maximum atomic E-state index is 12.1. The number of amides is 2. The minimum atomic E-state index is 0.111. The summed E-state index contributed by atoms with van der Waals surface area (Å²) in [5.74, 6) is 0.676. The molecule has 1 unspecified atom stereocenters. The second-order valence-electron chi connectivity index (χ2n) is 6.54. The smallest absolute Gasteiger partial charge is 0.224 e. The summed E-state index contributed by atoms with van der Waals surface area (Å²) in [6, 6.07) is 0. The van der Waals surface area contributed by atoms with Crippen molar-refractivity contribution in [2.75, 3.05) is 53.6 Å². The van der Waals surface area contributed by atoms with Crippen molar-refractivity contribution in [2.45, 2.75) is 26.2 Å². The molecular formula is C16H28N2O4. The topological polar surface area (TPSA) is 59.1 Å². The third kappa shape index (κ3) is 3.60. The predicted molar refractivity (Wildman–Crippen MR) is 82.4 cm³/mol. The van der Waals surface area contributed by atoms with Crippen molar-refractivity contribution in [1.82, 2.24) is 9.80 Å². The van der Waals surface area contributed by atoms with Crippen molar-refractivity contribution < 1.29 is 19.1 Å². The molecule has 0 bridgehead atoms. The fourth-order valence-corrected chi connectivity index (χ4v) is 3.82. The van der Waals surface area contributed by atoms with E-state index in [1.54, 1.807) is 21.1 Å². The van der Waals surface area contributed by atoms with Gasteiger partial charge in [0.25, 0.3) is 0 Å². The molecule has 0 aromatic heterocycles. The summed E-state index contributed by atoms with van der Waals surface area (Å²) in [6.45, 7) is 5.92. The maximum absolute atomic E-state index is 12.1. The van der Waals surface area contributed by atoms with Gasteiger partial charge in [-0.25, -0.2) is 0 Å². The van der Waals surface area contributed by atoms with Crippen molar-refractivity contribution in [1.29, 1.82) is 0 Å². The van der Waals surface area contributed by atoms with Gasteiger partial charge in [0.2, 0.25) is 11.8 Å². The Labute approximate surface area is 132 Å². The first kappa shape index (κ1) is 17.2. The summed E-state index contributed by atoms with van der Waals surface area (Å²) in [5, 5.41) is 0. The van der Waals surface area contributed by atoms with Gasteiger partial charge in [-0.1, -0.05) is 0 Å². The molecule has 2 amide bonds. The van der Waals surface area contributed by atoms with Crippen LogP contribution in [0.1, 0.15) is 26.2 Å². The van der Waals surface area contributed by atoms with E-state index in [4.69, 9.17) is 9.47 Å². The van der Waals surface area contributed by atoms with Gasteiger partial charge in [-0.3, -0.25) is 9.59 Å². The van der Waals surface area contributed by atoms with Crippen molar-refractivity contribution in [3.05, 3.63) is 0 Å². The first-order chi connectivity index (χ1) is 10.5. The van der Waals surface area contributed by atoms with E-state index in [2.05, 4.69) is 0 Å². The first-order valence-corrected chi connectivity index (χ1v) is 8.03. The van der Waals surface area contributed by atoms with Crippen LogP contribution in [0.25, 0.3) is 0 Å². The lowest BCUT2D eigenvalue weighted by Crippen LogP contribution is -2.47. The Morgan fingerprint density at radius 1 is 1.14 bits per heavy atom. The van der Waals surface area contributed by atoms with E-state index in [9.17, 15) is 9.59 Å². The van der Waals surface area contributed by atoms with Crippen LogP contribution in [0.2, 0.25) is 0 Å². The SMILES string of the molecule is COCCC(=O)N1CCC2(CC1)CN(C(C)=O)CC2COC. The summed E-state index contributed by atoms with van der Waals surface area (Å²) in [5.41, 5.74) is 0.111. The molecule has 0 saturated carbocycles. The maximum Gasteiger partial charge on any atom is 0.224 e. The lowest BCUT2D eigenvalue weighted by molar-refractivity contribution is -0.135. The van der Waals surface area contributed by atoms with E-state index >= 15 is 0 Å². The third-order valence-corrected chi connectivity index (χ3v) is 5.26. The molecule has 22 heavy (non-hydrogen) atoms. The minimum absolute atomic E-state index is 0.111. The van der Waals surface area contributed by atoms with Gasteiger partial charge in [0.05, 0.1) is 19.6 Å². The van der Waals surface area contributed by atoms with Crippen LogP contribution in [-0.2, 0) is 19.1 Å². The molecule has 1 atom stereocenters. The Morgan fingerprint density at radius 2 is 1.82 bits per heavy atom. The molecule has 0 N–H and O–H groups in total. The number of likely N-dealkylation sites (tertiary alicyclic amines) is 2. The van der Waals surface area contributed by atoms with Gasteiger partial charge in [-0.15, -0.1) is 0 Å². The van der Waals surface area contributed by atoms with Gasteiger partial charge in [-0.05, 0) is 18.3 Å². The van der Waals surface area contributed by atoms with Gasteiger partial charge < -0.3 is 19.3 Å². The number of ether oxygens (including phenoxy) is 2. The zero-order chi connectivity index (χ0) is 16.2. The molecule has 0 aromatic rings. The molecule has 2 rings (SSSR count). The molecule has 0 aliphatic carbocycles. The lowest BCUT2D eigenvalue weighted by Gasteiger charge is -2.42. The van der Waals surface area contributed by atoms with Crippen LogP contribution in [0, 0.1) is 11.3 Å².